The summed E-state index contributed by atoms with van der Waals surface area (Å²) < 4.78 is 26.4. The summed E-state index contributed by atoms with van der Waals surface area (Å²) in [6.45, 7) is 0.364. The number of aliphatic hydroxyl groups excluding tert-OH is 1. The van der Waals surface area contributed by atoms with E-state index in [0.29, 0.717) is 44.5 Å². The van der Waals surface area contributed by atoms with Crippen LogP contribution < -0.4 is 9.64 Å². The molecule has 11 heteroatoms. The first-order valence-corrected chi connectivity index (χ1v) is 16.0. The van der Waals surface area contributed by atoms with Crippen molar-refractivity contribution in [1.82, 2.24) is 10.2 Å². The Labute approximate surface area is 270 Å². The Balaban J connectivity index is 1.21. The van der Waals surface area contributed by atoms with Crippen LogP contribution in [-0.4, -0.2) is 27.0 Å². The maximum absolute atomic E-state index is 14.2. The number of ether oxygens (including phenoxy) is 1. The summed E-state index contributed by atoms with van der Waals surface area (Å²) in [6, 6.07) is 30.9. The van der Waals surface area contributed by atoms with Gasteiger partial charge in [0.25, 0.3) is 5.91 Å². The molecular weight excluding hydrogens is 626 g/mol. The molecule has 228 valence electrons. The Morgan fingerprint density at radius 1 is 0.957 bits per heavy atom. The van der Waals surface area contributed by atoms with E-state index in [4.69, 9.17) is 9.15 Å². The number of carbonyl (C=O) groups is 2. The Kier molecular flexibility index (Phi) is 8.08. The number of halogens is 1. The summed E-state index contributed by atoms with van der Waals surface area (Å²) in [7, 11) is 0. The number of benzene rings is 4. The van der Waals surface area contributed by atoms with Gasteiger partial charge >= 0.3 is 0 Å². The zero-order valence-electron chi connectivity index (χ0n) is 24.0. The monoisotopic (exact) mass is 649 g/mol. The van der Waals surface area contributed by atoms with E-state index in [1.807, 2.05) is 42.5 Å². The van der Waals surface area contributed by atoms with E-state index in [-0.39, 0.29) is 22.3 Å². The fourth-order valence-corrected chi connectivity index (χ4v) is 7.03. The first-order chi connectivity index (χ1) is 22.5. The second-order valence-electron chi connectivity index (χ2n) is 10.4. The molecule has 3 heterocycles. The molecule has 6 aromatic rings. The number of rotatable bonds is 10. The molecule has 8 nitrogen and oxygen atoms in total. The second-order valence-corrected chi connectivity index (χ2v) is 12.6. The molecular formula is C35H24FN3O5S2. The van der Waals surface area contributed by atoms with Crippen LogP contribution in [0.4, 0.5) is 9.52 Å². The predicted octanol–water partition coefficient (Wildman–Crippen LogP) is 8.08. The zero-order chi connectivity index (χ0) is 31.6. The first kappa shape index (κ1) is 29.5. The molecule has 1 aliphatic rings. The zero-order valence-corrected chi connectivity index (χ0v) is 25.6. The van der Waals surface area contributed by atoms with Gasteiger partial charge in [0.15, 0.2) is 15.9 Å². The van der Waals surface area contributed by atoms with Gasteiger partial charge in [0.05, 0.1) is 11.6 Å². The van der Waals surface area contributed by atoms with Gasteiger partial charge < -0.3 is 14.3 Å². The van der Waals surface area contributed by atoms with Crippen molar-refractivity contribution >= 4 is 50.9 Å². The van der Waals surface area contributed by atoms with E-state index in [2.05, 4.69) is 10.2 Å². The highest BCUT2D eigenvalue weighted by molar-refractivity contribution is 8.00. The lowest BCUT2D eigenvalue weighted by Crippen LogP contribution is -2.31. The van der Waals surface area contributed by atoms with Crippen molar-refractivity contribution in [2.24, 2.45) is 0 Å². The highest BCUT2D eigenvalue weighted by Crippen LogP contribution is 2.44. The van der Waals surface area contributed by atoms with E-state index >= 15 is 0 Å². The number of ketones is 1. The number of hydrogen-bond acceptors (Lipinski definition) is 9. The van der Waals surface area contributed by atoms with Crippen LogP contribution in [0, 0.1) is 5.82 Å². The predicted molar refractivity (Wildman–Crippen MR) is 174 cm³/mol. The van der Waals surface area contributed by atoms with Crippen LogP contribution in [-0.2, 0) is 17.2 Å². The number of hydrogen-bond donors (Lipinski definition) is 1. The van der Waals surface area contributed by atoms with Crippen LogP contribution in [0.5, 0.6) is 5.75 Å². The average Bonchev–Trinajstić information content (AvgIpc) is 3.80. The van der Waals surface area contributed by atoms with Crippen molar-refractivity contribution in [3.05, 3.63) is 149 Å². The van der Waals surface area contributed by atoms with Crippen molar-refractivity contribution in [1.29, 1.82) is 0 Å². The molecule has 4 aromatic carbocycles. The summed E-state index contributed by atoms with van der Waals surface area (Å²) in [4.78, 5) is 28.9. The van der Waals surface area contributed by atoms with Crippen LogP contribution in [0.15, 0.2) is 129 Å². The quantitative estimate of drug-likeness (QED) is 0.0902. The lowest BCUT2D eigenvalue weighted by Gasteiger charge is -2.24. The molecule has 7 rings (SSSR count). The normalized spacial score (nSPS) is 14.8. The summed E-state index contributed by atoms with van der Waals surface area (Å²) in [5, 5.41) is 20.5. The highest BCUT2D eigenvalue weighted by atomic mass is 32.2. The largest absolute Gasteiger partial charge is 0.503 e. The third-order valence-corrected chi connectivity index (χ3v) is 9.56. The summed E-state index contributed by atoms with van der Waals surface area (Å²) >= 11 is 2.38. The van der Waals surface area contributed by atoms with Gasteiger partial charge in [-0.05, 0) is 47.0 Å². The lowest BCUT2D eigenvalue weighted by molar-refractivity contribution is -0.117. The molecule has 46 heavy (non-hydrogen) atoms. The molecule has 0 saturated carbocycles. The molecule has 0 aliphatic carbocycles. The smallest absolute Gasteiger partial charge is 0.296 e. The minimum atomic E-state index is -1.03. The third-order valence-electron chi connectivity index (χ3n) is 7.46. The molecule has 0 bridgehead atoms. The molecule has 1 aliphatic heterocycles. The van der Waals surface area contributed by atoms with Gasteiger partial charge in [-0.2, -0.15) is 0 Å². The molecule has 1 atom stereocenters. The standard InChI is InChI=1S/C35H24FN3O5S2/c36-26-12-6-4-11-24(26)20-45-35-38-37-34(46-35)39-30(22-14-16-25(17-15-22)43-19-21-8-2-1-3-9-21)29(32(41)33(39)42)31(40)28-18-23-10-5-7-13-27(23)44-28/h1-18,30,41H,19-20H2. The number of thioether (sulfide) groups is 1. The molecule has 1 amide bonds. The van der Waals surface area contributed by atoms with Crippen LogP contribution in [0.25, 0.3) is 11.0 Å². The summed E-state index contributed by atoms with van der Waals surface area (Å²) in [6.07, 6.45) is 0. The van der Waals surface area contributed by atoms with E-state index < -0.39 is 23.5 Å². The lowest BCUT2D eigenvalue weighted by atomic mass is 9.95. The van der Waals surface area contributed by atoms with Gasteiger partial charge in [0.1, 0.15) is 23.8 Å². The van der Waals surface area contributed by atoms with E-state index in [9.17, 15) is 19.1 Å². The number of nitrogens with zero attached hydrogens (tertiary/aromatic N) is 3. The van der Waals surface area contributed by atoms with Gasteiger partial charge in [-0.3, -0.25) is 14.5 Å². The second kappa shape index (κ2) is 12.6. The van der Waals surface area contributed by atoms with Crippen LogP contribution in [0.1, 0.15) is 33.3 Å². The van der Waals surface area contributed by atoms with Crippen molar-refractivity contribution in [3.63, 3.8) is 0 Å². The van der Waals surface area contributed by atoms with Gasteiger partial charge in [-0.25, -0.2) is 4.39 Å². The number of fused-ring (bicyclic) bond motifs is 1. The number of aliphatic hydroxyl groups is 1. The number of anilines is 1. The van der Waals surface area contributed by atoms with Crippen molar-refractivity contribution < 1.29 is 28.2 Å². The number of para-hydroxylation sites is 1. The molecule has 0 saturated heterocycles. The van der Waals surface area contributed by atoms with E-state index in [1.165, 1.54) is 22.7 Å². The molecule has 0 radical (unpaired) electrons. The van der Waals surface area contributed by atoms with Crippen LogP contribution in [0.3, 0.4) is 0 Å². The van der Waals surface area contributed by atoms with E-state index in [1.54, 1.807) is 60.7 Å². The summed E-state index contributed by atoms with van der Waals surface area (Å²) in [5.74, 6) is -1.56. The SMILES string of the molecule is O=C(C1=C(O)C(=O)N(c2nnc(SCc3ccccc3F)s2)C1c1ccc(OCc2ccccc2)cc1)c1cc2ccccc2o1. The topological polar surface area (TPSA) is 106 Å². The highest BCUT2D eigenvalue weighted by Gasteiger charge is 2.46. The number of amides is 1. The molecule has 1 unspecified atom stereocenters. The first-order valence-electron chi connectivity index (χ1n) is 14.2. The van der Waals surface area contributed by atoms with Crippen LogP contribution in [0.2, 0.25) is 0 Å². The van der Waals surface area contributed by atoms with E-state index in [0.717, 1.165) is 16.9 Å². The van der Waals surface area contributed by atoms with Gasteiger partial charge in [-0.15, -0.1) is 10.2 Å². The summed E-state index contributed by atoms with van der Waals surface area (Å²) in [5.41, 5.74) is 2.42. The fourth-order valence-electron chi connectivity index (χ4n) is 5.18. The van der Waals surface area contributed by atoms with Crippen molar-refractivity contribution in [3.8, 4) is 5.75 Å². The van der Waals surface area contributed by atoms with Gasteiger partial charge in [0, 0.05) is 11.1 Å². The fraction of sp³-hybridized carbons (Fsp3) is 0.0857. The molecule has 0 fully saturated rings. The maximum Gasteiger partial charge on any atom is 0.296 e. The Morgan fingerprint density at radius 3 is 2.48 bits per heavy atom. The number of furan rings is 1. The van der Waals surface area contributed by atoms with Crippen molar-refractivity contribution in [2.45, 2.75) is 22.7 Å². The van der Waals surface area contributed by atoms with Crippen molar-refractivity contribution in [2.75, 3.05) is 4.90 Å². The van der Waals surface area contributed by atoms with Crippen LogP contribution >= 0.6 is 23.1 Å². The minimum Gasteiger partial charge on any atom is -0.503 e. The number of aromatic nitrogens is 2. The number of Topliss-reactive ketones (excluding diaryl/α,β-unsaturated/α-hetero) is 1. The molecule has 1 N–H and O–H groups in total. The Morgan fingerprint density at radius 2 is 1.70 bits per heavy atom. The minimum absolute atomic E-state index is 0.0105. The third kappa shape index (κ3) is 5.78. The molecule has 0 spiro atoms. The van der Waals surface area contributed by atoms with Gasteiger partial charge in [-0.1, -0.05) is 102 Å². The number of carbonyl (C=O) groups excluding carboxylic acids is 2. The average molecular weight is 650 g/mol. The maximum atomic E-state index is 14.2. The molecule has 2 aromatic heterocycles. The Hall–Kier alpha value is -5.26. The Bertz CT molecular complexity index is 2060. The van der Waals surface area contributed by atoms with Gasteiger partial charge in [0.2, 0.25) is 10.9 Å².